The Morgan fingerprint density at radius 3 is 2.61 bits per heavy atom. The van der Waals surface area contributed by atoms with Gasteiger partial charge in [-0.05, 0) is 37.0 Å². The molecule has 1 aromatic rings. The van der Waals surface area contributed by atoms with Gasteiger partial charge >= 0.3 is 6.03 Å². The molecule has 0 radical (unpaired) electrons. The first-order valence-corrected chi connectivity index (χ1v) is 6.52. The first-order chi connectivity index (χ1) is 8.60. The molecule has 0 saturated heterocycles. The van der Waals surface area contributed by atoms with Crippen molar-refractivity contribution in [2.45, 2.75) is 38.8 Å². The maximum absolute atomic E-state index is 10.7. The number of hydrogen-bond donors (Lipinski definition) is 3. The summed E-state index contributed by atoms with van der Waals surface area (Å²) in [6.45, 7) is 4.41. The first kappa shape index (κ1) is 12.9. The third-order valence-electron chi connectivity index (χ3n) is 3.59. The summed E-state index contributed by atoms with van der Waals surface area (Å²) in [5, 5.41) is 6.18. The summed E-state index contributed by atoms with van der Waals surface area (Å²) < 4.78 is 0. The van der Waals surface area contributed by atoms with Crippen molar-refractivity contribution in [1.29, 1.82) is 0 Å². The molecule has 1 fully saturated rings. The third-order valence-corrected chi connectivity index (χ3v) is 3.59. The molecule has 18 heavy (non-hydrogen) atoms. The number of amides is 2. The number of carbonyl (C=O) groups excluding carboxylic acids is 1. The molecule has 0 aliphatic heterocycles. The Labute approximate surface area is 108 Å². The number of anilines is 1. The number of urea groups is 1. The summed E-state index contributed by atoms with van der Waals surface area (Å²) in [7, 11) is 0. The van der Waals surface area contributed by atoms with E-state index in [-0.39, 0.29) is 0 Å². The van der Waals surface area contributed by atoms with E-state index in [2.05, 4.69) is 24.5 Å². The highest BCUT2D eigenvalue weighted by atomic mass is 16.2. The number of rotatable bonds is 5. The molecule has 3 unspecified atom stereocenters. The summed E-state index contributed by atoms with van der Waals surface area (Å²) in [6, 6.07) is 8.28. The summed E-state index contributed by atoms with van der Waals surface area (Å²) in [5.41, 5.74) is 7.03. The SMILES string of the molecule is CCC1CC1NC(C)c1ccc(NC(N)=O)cc1. The Kier molecular flexibility index (Phi) is 3.87. The van der Waals surface area contributed by atoms with Crippen molar-refractivity contribution in [1.82, 2.24) is 5.32 Å². The van der Waals surface area contributed by atoms with Crippen LogP contribution in [-0.2, 0) is 0 Å². The van der Waals surface area contributed by atoms with Crippen LogP contribution in [0.15, 0.2) is 24.3 Å². The smallest absolute Gasteiger partial charge is 0.316 e. The Balaban J connectivity index is 1.90. The highest BCUT2D eigenvalue weighted by Gasteiger charge is 2.35. The Bertz CT molecular complexity index is 416. The zero-order valence-corrected chi connectivity index (χ0v) is 10.9. The summed E-state index contributed by atoms with van der Waals surface area (Å²) in [5.74, 6) is 0.850. The Morgan fingerprint density at radius 2 is 2.11 bits per heavy atom. The van der Waals surface area contributed by atoms with E-state index in [0.29, 0.717) is 12.1 Å². The van der Waals surface area contributed by atoms with Crippen molar-refractivity contribution in [2.24, 2.45) is 11.7 Å². The van der Waals surface area contributed by atoms with Gasteiger partial charge in [-0.15, -0.1) is 0 Å². The first-order valence-electron chi connectivity index (χ1n) is 6.52. The van der Waals surface area contributed by atoms with Crippen LogP contribution in [0.3, 0.4) is 0 Å². The molecule has 2 amide bonds. The highest BCUT2D eigenvalue weighted by Crippen LogP contribution is 2.35. The van der Waals surface area contributed by atoms with Crippen molar-refractivity contribution in [3.05, 3.63) is 29.8 Å². The summed E-state index contributed by atoms with van der Waals surface area (Å²) >= 11 is 0. The van der Waals surface area contributed by atoms with Crippen LogP contribution in [0.25, 0.3) is 0 Å². The quantitative estimate of drug-likeness (QED) is 0.748. The predicted octanol–water partition coefficient (Wildman–Crippen LogP) is 2.63. The van der Waals surface area contributed by atoms with E-state index in [1.165, 1.54) is 18.4 Å². The molecule has 3 atom stereocenters. The van der Waals surface area contributed by atoms with Crippen LogP contribution in [0.2, 0.25) is 0 Å². The molecule has 1 aromatic carbocycles. The van der Waals surface area contributed by atoms with E-state index >= 15 is 0 Å². The lowest BCUT2D eigenvalue weighted by atomic mass is 10.1. The predicted molar refractivity (Wildman–Crippen MR) is 73.4 cm³/mol. The maximum Gasteiger partial charge on any atom is 0.316 e. The van der Waals surface area contributed by atoms with Crippen LogP contribution >= 0.6 is 0 Å². The molecule has 1 aliphatic carbocycles. The van der Waals surface area contributed by atoms with Gasteiger partial charge in [-0.3, -0.25) is 0 Å². The number of nitrogens with two attached hydrogens (primary N) is 1. The van der Waals surface area contributed by atoms with Crippen LogP contribution < -0.4 is 16.4 Å². The molecular weight excluding hydrogens is 226 g/mol. The van der Waals surface area contributed by atoms with E-state index in [1.54, 1.807) is 0 Å². The highest BCUT2D eigenvalue weighted by molar-refractivity contribution is 5.87. The van der Waals surface area contributed by atoms with Gasteiger partial charge in [0.15, 0.2) is 0 Å². The van der Waals surface area contributed by atoms with Crippen LogP contribution in [-0.4, -0.2) is 12.1 Å². The molecule has 4 heteroatoms. The number of carbonyl (C=O) groups is 1. The Hall–Kier alpha value is -1.55. The topological polar surface area (TPSA) is 67.2 Å². The molecule has 0 spiro atoms. The third kappa shape index (κ3) is 3.23. The van der Waals surface area contributed by atoms with Crippen molar-refractivity contribution in [3.63, 3.8) is 0 Å². The van der Waals surface area contributed by atoms with Gasteiger partial charge in [-0.2, -0.15) is 0 Å². The molecule has 0 bridgehead atoms. The molecule has 1 aliphatic rings. The Morgan fingerprint density at radius 1 is 1.44 bits per heavy atom. The van der Waals surface area contributed by atoms with E-state index in [4.69, 9.17) is 5.73 Å². The average Bonchev–Trinajstić information content (AvgIpc) is 3.07. The fourth-order valence-electron chi connectivity index (χ4n) is 2.32. The number of primary amides is 1. The van der Waals surface area contributed by atoms with Crippen molar-refractivity contribution in [3.8, 4) is 0 Å². The second kappa shape index (κ2) is 5.40. The minimum absolute atomic E-state index is 0.342. The fraction of sp³-hybridized carbons (Fsp3) is 0.500. The van der Waals surface area contributed by atoms with Crippen molar-refractivity contribution in [2.75, 3.05) is 5.32 Å². The van der Waals surface area contributed by atoms with Crippen molar-refractivity contribution >= 4 is 11.7 Å². The molecule has 98 valence electrons. The van der Waals surface area contributed by atoms with Gasteiger partial charge in [0.25, 0.3) is 0 Å². The number of nitrogens with one attached hydrogen (secondary N) is 2. The van der Waals surface area contributed by atoms with Gasteiger partial charge < -0.3 is 16.4 Å². The second-order valence-electron chi connectivity index (χ2n) is 5.01. The van der Waals surface area contributed by atoms with Gasteiger partial charge in [-0.25, -0.2) is 4.79 Å². The normalized spacial score (nSPS) is 23.4. The largest absolute Gasteiger partial charge is 0.351 e. The lowest BCUT2D eigenvalue weighted by molar-refractivity contribution is 0.259. The van der Waals surface area contributed by atoms with Gasteiger partial charge in [-0.1, -0.05) is 25.5 Å². The lowest BCUT2D eigenvalue weighted by Gasteiger charge is -2.14. The molecular formula is C14H21N3O. The number of benzene rings is 1. The van der Waals surface area contributed by atoms with Crippen LogP contribution in [0.1, 0.15) is 38.3 Å². The zero-order chi connectivity index (χ0) is 13.1. The standard InChI is InChI=1S/C14H21N3O/c1-3-10-8-13(10)16-9(2)11-4-6-12(7-5-11)17-14(15)18/h4-7,9-10,13,16H,3,8H2,1-2H3,(H3,15,17,18). The average molecular weight is 247 g/mol. The molecule has 0 heterocycles. The maximum atomic E-state index is 10.7. The fourth-order valence-corrected chi connectivity index (χ4v) is 2.32. The van der Waals surface area contributed by atoms with Crippen molar-refractivity contribution < 1.29 is 4.79 Å². The monoisotopic (exact) mass is 247 g/mol. The van der Waals surface area contributed by atoms with E-state index in [9.17, 15) is 4.79 Å². The van der Waals surface area contributed by atoms with Gasteiger partial charge in [0, 0.05) is 17.8 Å². The van der Waals surface area contributed by atoms with Crippen LogP contribution in [0, 0.1) is 5.92 Å². The zero-order valence-electron chi connectivity index (χ0n) is 10.9. The van der Waals surface area contributed by atoms with Crippen LogP contribution in [0.5, 0.6) is 0 Å². The van der Waals surface area contributed by atoms with Gasteiger partial charge in [0.2, 0.25) is 0 Å². The minimum atomic E-state index is -0.530. The summed E-state index contributed by atoms with van der Waals surface area (Å²) in [4.78, 5) is 10.7. The van der Waals surface area contributed by atoms with Gasteiger partial charge in [0.05, 0.1) is 0 Å². The van der Waals surface area contributed by atoms with E-state index in [1.807, 2.05) is 24.3 Å². The molecule has 2 rings (SSSR count). The summed E-state index contributed by atoms with van der Waals surface area (Å²) in [6.07, 6.45) is 2.55. The molecule has 4 nitrogen and oxygen atoms in total. The van der Waals surface area contributed by atoms with E-state index in [0.717, 1.165) is 11.6 Å². The second-order valence-corrected chi connectivity index (χ2v) is 5.01. The lowest BCUT2D eigenvalue weighted by Crippen LogP contribution is -2.22. The van der Waals surface area contributed by atoms with Crippen LogP contribution in [0.4, 0.5) is 10.5 Å². The van der Waals surface area contributed by atoms with E-state index < -0.39 is 6.03 Å². The van der Waals surface area contributed by atoms with Gasteiger partial charge in [0.1, 0.15) is 0 Å². The molecule has 0 aromatic heterocycles. The minimum Gasteiger partial charge on any atom is -0.351 e. The molecule has 4 N–H and O–H groups in total. The molecule has 1 saturated carbocycles. The number of hydrogen-bond acceptors (Lipinski definition) is 2.